The number of nitrogens with zero attached hydrogens (tertiary/aromatic N) is 5. The number of rotatable bonds is 0. The third kappa shape index (κ3) is 17.6. The summed E-state index contributed by atoms with van der Waals surface area (Å²) >= 11 is 0. The van der Waals surface area contributed by atoms with Gasteiger partial charge in [-0.2, -0.15) is 22.8 Å². The van der Waals surface area contributed by atoms with Crippen LogP contribution in [0.3, 0.4) is 0 Å². The molecule has 8 aliphatic heterocycles. The highest BCUT2D eigenvalue weighted by Gasteiger charge is 2.52. The third-order valence-electron chi connectivity index (χ3n) is 23.8. The lowest BCUT2D eigenvalue weighted by atomic mass is 9.94. The molecule has 620 valence electrons. The van der Waals surface area contributed by atoms with Crippen molar-refractivity contribution in [2.75, 3.05) is 0 Å². The zero-order chi connectivity index (χ0) is 84.9. The molecule has 5 aromatic rings. The van der Waals surface area contributed by atoms with Gasteiger partial charge < -0.3 is 0 Å². The molecule has 5 atom stereocenters. The van der Waals surface area contributed by atoms with E-state index in [4.69, 9.17) is 0 Å². The van der Waals surface area contributed by atoms with E-state index in [0.29, 0.717) is 30.2 Å². The molecule has 115 heavy (non-hydrogen) atoms. The van der Waals surface area contributed by atoms with Crippen molar-refractivity contribution in [3.05, 3.63) is 262 Å². The quantitative estimate of drug-likeness (QED) is 0.138. The molecule has 25 rings (SSSR count). The van der Waals surface area contributed by atoms with Crippen molar-refractivity contribution in [3.8, 4) is 0 Å². The fraction of sp³-hybridized carbons (Fsp3) is 0.500. The predicted octanol–water partition coefficient (Wildman–Crippen LogP) is 30.1. The van der Waals surface area contributed by atoms with Crippen LogP contribution >= 0.6 is 0 Å². The van der Waals surface area contributed by atoms with E-state index in [1.807, 2.05) is 208 Å². The lowest BCUT2D eigenvalue weighted by Gasteiger charge is -2.19. The fourth-order valence-corrected chi connectivity index (χ4v) is 20.3. The van der Waals surface area contributed by atoms with Gasteiger partial charge in [-0.15, -0.1) is 0 Å². The minimum Gasteiger partial charge on any atom is -0.191 e. The summed E-state index contributed by atoms with van der Waals surface area (Å²) in [6, 6.07) is 22.2. The van der Waals surface area contributed by atoms with E-state index >= 15 is 0 Å². The average Bonchev–Trinajstić information content (AvgIpc) is 1.60. The van der Waals surface area contributed by atoms with Crippen LogP contribution < -0.4 is 22.8 Å². The topological polar surface area (TPSA) is 19.4 Å². The van der Waals surface area contributed by atoms with Crippen molar-refractivity contribution in [2.24, 2.45) is 0 Å². The van der Waals surface area contributed by atoms with Crippen LogP contribution in [0.4, 0.5) is 0 Å². The molecule has 0 N–H and O–H groups in total. The summed E-state index contributed by atoms with van der Waals surface area (Å²) in [5, 5.41) is 0. The van der Waals surface area contributed by atoms with Gasteiger partial charge in [0.25, 0.3) is 0 Å². The van der Waals surface area contributed by atoms with Crippen molar-refractivity contribution in [2.45, 2.75) is 366 Å². The molecule has 5 nitrogen and oxygen atoms in total. The molecule has 20 aliphatic rings. The summed E-state index contributed by atoms with van der Waals surface area (Å²) in [6.45, 7) is 60.0. The molecule has 13 heterocycles. The van der Waals surface area contributed by atoms with Crippen molar-refractivity contribution >= 4 is 57.7 Å². The number of pyridine rings is 5. The first-order valence-corrected chi connectivity index (χ1v) is 48.0. The van der Waals surface area contributed by atoms with Gasteiger partial charge in [0.1, 0.15) is 0 Å². The van der Waals surface area contributed by atoms with Gasteiger partial charge in [0.2, 0.25) is 39.9 Å². The van der Waals surface area contributed by atoms with Gasteiger partial charge in [-0.1, -0.05) is 298 Å². The van der Waals surface area contributed by atoms with Crippen molar-refractivity contribution in [3.63, 3.8) is 0 Å². The minimum atomic E-state index is 0.639. The summed E-state index contributed by atoms with van der Waals surface area (Å²) in [6.07, 6.45) is 64.5. The molecule has 2 saturated carbocycles. The largest absolute Gasteiger partial charge is 0.212 e. The van der Waals surface area contributed by atoms with Gasteiger partial charge in [0.15, 0.2) is 47.8 Å². The monoisotopic (exact) mass is 1550 g/mol. The molecule has 12 aliphatic carbocycles. The second-order valence-electron chi connectivity index (χ2n) is 27.6. The predicted molar refractivity (Wildman–Crippen MR) is 507 cm³/mol. The molecule has 0 spiro atoms. The Balaban J connectivity index is 0.000000206. The Bertz CT molecular complexity index is 4660. The van der Waals surface area contributed by atoms with Crippen molar-refractivity contribution < 1.29 is 22.8 Å². The normalized spacial score (nSPS) is 20.2. The summed E-state index contributed by atoms with van der Waals surface area (Å²) in [5.41, 5.74) is 46.9. The fourth-order valence-electron chi connectivity index (χ4n) is 20.3. The molecule has 0 amide bonds. The van der Waals surface area contributed by atoms with Crippen LogP contribution in [0, 0.1) is 0 Å². The van der Waals surface area contributed by atoms with E-state index in [9.17, 15) is 0 Å². The molecule has 5 unspecified atom stereocenters. The summed E-state index contributed by atoms with van der Waals surface area (Å²) in [4.78, 5) is 0. The average molecular weight is 1550 g/mol. The number of hydrogen-bond donors (Lipinski definition) is 0. The molecule has 0 aromatic carbocycles. The molecule has 0 saturated heterocycles. The van der Waals surface area contributed by atoms with Crippen LogP contribution in [-0.2, 0) is 38.5 Å². The molecular weight excluding hydrogens is 1390 g/mol. The third-order valence-corrected chi connectivity index (χ3v) is 23.8. The molecule has 0 radical (unpaired) electrons. The van der Waals surface area contributed by atoms with Gasteiger partial charge in [-0.3, -0.25) is 0 Å². The van der Waals surface area contributed by atoms with E-state index in [0.717, 1.165) is 44.9 Å². The van der Waals surface area contributed by atoms with E-state index < -0.39 is 0 Å². The summed E-state index contributed by atoms with van der Waals surface area (Å²) in [7, 11) is 0. The maximum atomic E-state index is 2.64. The highest BCUT2D eigenvalue weighted by molar-refractivity contribution is 5.82. The molecular formula is C110H160N5+5. The first-order valence-electron chi connectivity index (χ1n) is 48.0. The SMILES string of the molecule is C1=CC2=C(C1)c1cc3c(c4[n+]1C2CC4)CC=C3.C1=CC2=C(C1)c1ccc3c4[n+]1C2CCC(=C3)C4.C1=CC2=C(C1)c1ccc3c4[n+]1C2CCC4=CC3.C1=Cc2c(ccc3[n+]2C2CCC4=CCC3=C42)C1.C1=Cc2cc3[n+](cc2C1)C1CCC2=CCC3=C21.CC.CC.CC.CC.CC.CC.CC.CC.CC.CC.CC.CC.CC.CC.CC. The van der Waals surface area contributed by atoms with Crippen LogP contribution in [0.5, 0.6) is 0 Å². The Morgan fingerprint density at radius 2 is 0.713 bits per heavy atom. The lowest BCUT2D eigenvalue weighted by Crippen LogP contribution is -2.46. The Hall–Kier alpha value is -8.15. The standard InChI is InChI=1S/5C16H14N.15C2H6/c1-3-10-9-16-13-6-2-5-12(13)15-8-7-14(17(15)16)11(10)4-1;1-2-10-5-8-14-12-7-4-11-6-9-15(16(11)12)17(14)13(10)3-1;1-2-12-13(3-1)15-7-5-11-8-10-4-6-14(12)17(15)16(11)9-10;1-2-11-8-15-13-6-4-10-5-7-14(16(10)13)17(15)9-12(11)3-1;1-2-12-13(3-1)15-9-7-11-5-4-10-6-8-14(12)17(15)16(10)11;15*1-2/h1-3,5,9,15H,4,6-8H2;1,3-5,8,15H,2,6-7,9H2;1-2,5,7-8,14H,3-4,6,9H2;1-2,4,8-9,14H,3,5-7H2;1-2,4,7,9,14H,3,5-6,8H2;15*1-2H3/q5*+1;;;;;;;;;;;;;;;. The minimum absolute atomic E-state index is 0.639. The van der Waals surface area contributed by atoms with Gasteiger partial charge in [0, 0.05) is 164 Å². The van der Waals surface area contributed by atoms with Crippen LogP contribution in [0.15, 0.2) is 172 Å². The summed E-state index contributed by atoms with van der Waals surface area (Å²) < 4.78 is 13.1. The zero-order valence-corrected chi connectivity index (χ0v) is 78.7. The summed E-state index contributed by atoms with van der Waals surface area (Å²) in [5.74, 6) is 0. The molecule has 5 heteroatoms. The van der Waals surface area contributed by atoms with Crippen LogP contribution in [0.1, 0.15) is 418 Å². The van der Waals surface area contributed by atoms with Crippen LogP contribution in [-0.4, -0.2) is 0 Å². The first-order chi connectivity index (χ1) is 57.1. The smallest absolute Gasteiger partial charge is 0.191 e. The van der Waals surface area contributed by atoms with Crippen LogP contribution in [0.25, 0.3) is 57.7 Å². The van der Waals surface area contributed by atoms with Gasteiger partial charge in [0.05, 0.1) is 6.42 Å². The second-order valence-corrected chi connectivity index (χ2v) is 27.6. The Kier molecular flexibility index (Phi) is 39.4. The van der Waals surface area contributed by atoms with E-state index in [1.165, 1.54) is 145 Å². The lowest BCUT2D eigenvalue weighted by molar-refractivity contribution is -0.717. The van der Waals surface area contributed by atoms with Gasteiger partial charge in [-0.25, -0.2) is 0 Å². The highest BCUT2D eigenvalue weighted by Crippen LogP contribution is 2.54. The van der Waals surface area contributed by atoms with E-state index in [2.05, 4.69) is 175 Å². The van der Waals surface area contributed by atoms with Gasteiger partial charge in [-0.05, 0) is 130 Å². The highest BCUT2D eigenvalue weighted by atomic mass is 15.1. The number of fused-ring (bicyclic) bond motifs is 18. The zero-order valence-electron chi connectivity index (χ0n) is 78.7. The molecule has 2 bridgehead atoms. The van der Waals surface area contributed by atoms with Gasteiger partial charge >= 0.3 is 0 Å². The Labute approximate surface area is 704 Å². The van der Waals surface area contributed by atoms with Crippen LogP contribution in [0.2, 0.25) is 0 Å². The molecule has 2 fully saturated rings. The number of aromatic nitrogens is 5. The Morgan fingerprint density at radius 3 is 1.32 bits per heavy atom. The second kappa shape index (κ2) is 47.3. The molecule has 5 aromatic heterocycles. The maximum Gasteiger partial charge on any atom is 0.212 e. The first kappa shape index (κ1) is 95.7. The van der Waals surface area contributed by atoms with Crippen molar-refractivity contribution in [1.82, 2.24) is 0 Å². The Morgan fingerprint density at radius 1 is 0.287 bits per heavy atom. The van der Waals surface area contributed by atoms with Crippen molar-refractivity contribution in [1.29, 1.82) is 0 Å². The number of allylic oxidation sites excluding steroid dienone is 26. The van der Waals surface area contributed by atoms with E-state index in [-0.39, 0.29) is 0 Å². The number of hydrogen-bond acceptors (Lipinski definition) is 0. The maximum absolute atomic E-state index is 2.64. The van der Waals surface area contributed by atoms with E-state index in [1.54, 1.807) is 106 Å².